The van der Waals surface area contributed by atoms with Gasteiger partial charge in [0.1, 0.15) is 5.56 Å². The zero-order valence-corrected chi connectivity index (χ0v) is 11.3. The number of aryl methyl sites for hydroxylation is 1. The van der Waals surface area contributed by atoms with Crippen LogP contribution in [0.5, 0.6) is 0 Å². The largest absolute Gasteiger partial charge is 0.364 e. The van der Waals surface area contributed by atoms with Crippen LogP contribution < -0.4 is 16.5 Å². The molecule has 1 amide bonds. The summed E-state index contributed by atoms with van der Waals surface area (Å²) in [5, 5.41) is 2.97. The van der Waals surface area contributed by atoms with Gasteiger partial charge in [-0.05, 0) is 19.8 Å². The van der Waals surface area contributed by atoms with E-state index in [2.05, 4.69) is 10.3 Å². The number of H-pyrrole nitrogens is 1. The molecule has 0 spiro atoms. The molecule has 1 aliphatic rings. The lowest BCUT2D eigenvalue weighted by Crippen LogP contribution is -2.55. The number of rotatable bonds is 3. The minimum atomic E-state index is -0.341. The van der Waals surface area contributed by atoms with E-state index in [1.807, 2.05) is 0 Å². The number of aromatic nitrogens is 1. The molecular weight excluding hydrogens is 242 g/mol. The number of hydrogen-bond donors (Lipinski definition) is 3. The van der Waals surface area contributed by atoms with E-state index in [9.17, 15) is 9.59 Å². The highest BCUT2D eigenvalue weighted by Gasteiger charge is 2.32. The van der Waals surface area contributed by atoms with E-state index >= 15 is 0 Å². The summed E-state index contributed by atoms with van der Waals surface area (Å²) in [6.07, 6.45) is 6.57. The lowest BCUT2D eigenvalue weighted by molar-refractivity contribution is 0.0873. The average Bonchev–Trinajstić information content (AvgIpc) is 2.39. The Labute approximate surface area is 112 Å². The number of nitrogens with two attached hydrogens (primary N) is 1. The van der Waals surface area contributed by atoms with Crippen LogP contribution in [-0.2, 0) is 0 Å². The van der Waals surface area contributed by atoms with E-state index in [4.69, 9.17) is 5.73 Å². The Hall–Kier alpha value is -1.62. The van der Waals surface area contributed by atoms with E-state index in [-0.39, 0.29) is 22.4 Å². The molecule has 0 bridgehead atoms. The molecule has 1 saturated carbocycles. The standard InChI is InChI=1S/C14H21N3O2/c1-10-7-12(18)11(8-16-10)13(19)17-14(9-15)5-3-2-4-6-14/h7-8H,2-6,9,15H2,1H3,(H,16,18)(H,17,19). The van der Waals surface area contributed by atoms with Gasteiger partial charge >= 0.3 is 0 Å². The smallest absolute Gasteiger partial charge is 0.257 e. The van der Waals surface area contributed by atoms with E-state index in [0.717, 1.165) is 31.4 Å². The Kier molecular flexibility index (Phi) is 4.04. The molecule has 19 heavy (non-hydrogen) atoms. The highest BCUT2D eigenvalue weighted by Crippen LogP contribution is 2.27. The zero-order chi connectivity index (χ0) is 13.9. The molecule has 0 radical (unpaired) electrons. The van der Waals surface area contributed by atoms with Gasteiger partial charge in [0, 0.05) is 24.5 Å². The van der Waals surface area contributed by atoms with Crippen LogP contribution in [0.3, 0.4) is 0 Å². The second-order valence-corrected chi connectivity index (χ2v) is 5.39. The number of aromatic amines is 1. The number of hydrogen-bond acceptors (Lipinski definition) is 3. The molecule has 104 valence electrons. The molecule has 5 nitrogen and oxygen atoms in total. The third-order valence-electron chi connectivity index (χ3n) is 3.88. The maximum atomic E-state index is 12.2. The average molecular weight is 263 g/mol. The second-order valence-electron chi connectivity index (χ2n) is 5.39. The summed E-state index contributed by atoms with van der Waals surface area (Å²) in [7, 11) is 0. The van der Waals surface area contributed by atoms with Crippen molar-refractivity contribution < 1.29 is 4.79 Å². The van der Waals surface area contributed by atoms with Crippen LogP contribution in [-0.4, -0.2) is 23.0 Å². The first-order chi connectivity index (χ1) is 9.06. The first-order valence-electron chi connectivity index (χ1n) is 6.78. The van der Waals surface area contributed by atoms with E-state index in [0.29, 0.717) is 6.54 Å². The summed E-state index contributed by atoms with van der Waals surface area (Å²) < 4.78 is 0. The van der Waals surface area contributed by atoms with Gasteiger partial charge < -0.3 is 16.0 Å². The Bertz CT molecular complexity index is 516. The van der Waals surface area contributed by atoms with Crippen molar-refractivity contribution in [3.8, 4) is 0 Å². The van der Waals surface area contributed by atoms with Crippen molar-refractivity contribution in [1.82, 2.24) is 10.3 Å². The van der Waals surface area contributed by atoms with Crippen LogP contribution in [0.1, 0.15) is 48.2 Å². The van der Waals surface area contributed by atoms with Gasteiger partial charge in [0.15, 0.2) is 5.43 Å². The SMILES string of the molecule is Cc1cc(=O)c(C(=O)NC2(CN)CCCCC2)c[nH]1. The molecule has 1 aromatic heterocycles. The zero-order valence-electron chi connectivity index (χ0n) is 11.3. The molecule has 5 heteroatoms. The molecule has 0 aromatic carbocycles. The summed E-state index contributed by atoms with van der Waals surface area (Å²) in [5.74, 6) is -0.325. The Balaban J connectivity index is 2.17. The number of carbonyl (C=O) groups excluding carboxylic acids is 1. The molecule has 1 fully saturated rings. The fourth-order valence-electron chi connectivity index (χ4n) is 2.67. The van der Waals surface area contributed by atoms with Crippen molar-refractivity contribution >= 4 is 5.91 Å². The summed E-state index contributed by atoms with van der Waals surface area (Å²) >= 11 is 0. The van der Waals surface area contributed by atoms with Crippen LogP contribution in [0.25, 0.3) is 0 Å². The molecule has 1 heterocycles. The van der Waals surface area contributed by atoms with Gasteiger partial charge in [-0.2, -0.15) is 0 Å². The Morgan fingerprint density at radius 3 is 2.68 bits per heavy atom. The van der Waals surface area contributed by atoms with E-state index in [1.165, 1.54) is 18.7 Å². The molecule has 1 aliphatic carbocycles. The van der Waals surface area contributed by atoms with Crippen LogP contribution in [0.2, 0.25) is 0 Å². The fraction of sp³-hybridized carbons (Fsp3) is 0.571. The minimum absolute atomic E-state index is 0.156. The number of pyridine rings is 1. The van der Waals surface area contributed by atoms with E-state index < -0.39 is 0 Å². The van der Waals surface area contributed by atoms with Crippen molar-refractivity contribution in [2.24, 2.45) is 5.73 Å². The van der Waals surface area contributed by atoms with Crippen molar-refractivity contribution in [1.29, 1.82) is 0 Å². The third-order valence-corrected chi connectivity index (χ3v) is 3.88. The van der Waals surface area contributed by atoms with Crippen LogP contribution in [0.4, 0.5) is 0 Å². The summed E-state index contributed by atoms with van der Waals surface area (Å²) in [6.45, 7) is 2.20. The Morgan fingerprint density at radius 1 is 1.42 bits per heavy atom. The monoisotopic (exact) mass is 263 g/mol. The molecule has 0 unspecified atom stereocenters. The van der Waals surface area contributed by atoms with Gasteiger partial charge in [-0.1, -0.05) is 19.3 Å². The van der Waals surface area contributed by atoms with Crippen molar-refractivity contribution in [2.75, 3.05) is 6.54 Å². The maximum absolute atomic E-state index is 12.2. The number of nitrogens with one attached hydrogen (secondary N) is 2. The van der Waals surface area contributed by atoms with E-state index in [1.54, 1.807) is 6.92 Å². The highest BCUT2D eigenvalue weighted by atomic mass is 16.2. The molecule has 0 atom stereocenters. The normalized spacial score (nSPS) is 18.0. The molecule has 2 rings (SSSR count). The second kappa shape index (κ2) is 5.57. The maximum Gasteiger partial charge on any atom is 0.257 e. The van der Waals surface area contributed by atoms with Gasteiger partial charge in [0.25, 0.3) is 5.91 Å². The summed E-state index contributed by atoms with van der Waals surface area (Å²) in [5.41, 5.74) is 6.13. The quantitative estimate of drug-likeness (QED) is 0.762. The van der Waals surface area contributed by atoms with Crippen LogP contribution >= 0.6 is 0 Å². The molecule has 1 aromatic rings. The number of amides is 1. The van der Waals surface area contributed by atoms with Crippen LogP contribution in [0, 0.1) is 6.92 Å². The number of carbonyl (C=O) groups is 1. The topological polar surface area (TPSA) is 88.0 Å². The van der Waals surface area contributed by atoms with Gasteiger partial charge in [0.05, 0.1) is 5.54 Å². The van der Waals surface area contributed by atoms with Crippen molar-refractivity contribution in [3.05, 3.63) is 33.7 Å². The third kappa shape index (κ3) is 3.04. The lowest BCUT2D eigenvalue weighted by atomic mass is 9.81. The Morgan fingerprint density at radius 2 is 2.11 bits per heavy atom. The lowest BCUT2D eigenvalue weighted by Gasteiger charge is -2.37. The van der Waals surface area contributed by atoms with Gasteiger partial charge in [-0.25, -0.2) is 0 Å². The van der Waals surface area contributed by atoms with Crippen molar-refractivity contribution in [3.63, 3.8) is 0 Å². The summed E-state index contributed by atoms with van der Waals surface area (Å²) in [4.78, 5) is 26.9. The fourth-order valence-corrected chi connectivity index (χ4v) is 2.67. The first-order valence-corrected chi connectivity index (χ1v) is 6.78. The van der Waals surface area contributed by atoms with Gasteiger partial charge in [-0.15, -0.1) is 0 Å². The van der Waals surface area contributed by atoms with Crippen LogP contribution in [0.15, 0.2) is 17.1 Å². The first kappa shape index (κ1) is 13.8. The molecule has 0 aliphatic heterocycles. The van der Waals surface area contributed by atoms with Gasteiger partial charge in [0.2, 0.25) is 0 Å². The predicted octanol–water partition coefficient (Wildman–Crippen LogP) is 1.07. The molecule has 4 N–H and O–H groups in total. The summed E-state index contributed by atoms with van der Waals surface area (Å²) in [6, 6.07) is 1.44. The minimum Gasteiger partial charge on any atom is -0.364 e. The molecular formula is C14H21N3O2. The molecule has 0 saturated heterocycles. The van der Waals surface area contributed by atoms with Crippen molar-refractivity contribution in [2.45, 2.75) is 44.6 Å². The van der Waals surface area contributed by atoms with Gasteiger partial charge in [-0.3, -0.25) is 9.59 Å². The predicted molar refractivity (Wildman–Crippen MR) is 74.1 cm³/mol. The highest BCUT2D eigenvalue weighted by molar-refractivity contribution is 5.94.